The van der Waals surface area contributed by atoms with Crippen LogP contribution in [-0.4, -0.2) is 24.2 Å². The Bertz CT molecular complexity index is 1010. The van der Waals surface area contributed by atoms with Gasteiger partial charge in [0.25, 0.3) is 0 Å². The summed E-state index contributed by atoms with van der Waals surface area (Å²) in [6.45, 7) is 0. The molecule has 2 aromatic heterocycles. The van der Waals surface area contributed by atoms with E-state index in [0.29, 0.717) is 11.5 Å². The number of ether oxygens (including phenoxy) is 2. The lowest BCUT2D eigenvalue weighted by atomic mass is 10.1. The van der Waals surface area contributed by atoms with Gasteiger partial charge in [-0.1, -0.05) is 12.1 Å². The Kier molecular flexibility index (Phi) is 3.35. The molecule has 4 rings (SSSR count). The van der Waals surface area contributed by atoms with Crippen molar-refractivity contribution < 1.29 is 9.47 Å². The van der Waals surface area contributed by atoms with Gasteiger partial charge in [-0.05, 0) is 29.7 Å². The van der Waals surface area contributed by atoms with Crippen LogP contribution in [0.25, 0.3) is 32.2 Å². The van der Waals surface area contributed by atoms with Crippen molar-refractivity contribution in [1.29, 1.82) is 0 Å². The standard InChI is InChI=1S/C18H14N2O2S/c1-21-16-6-4-11-7-15(19-9-13(11)18(16)22-2)12-3-5-14-17(8-12)23-10-20-14/h3-10H,1-2H3. The summed E-state index contributed by atoms with van der Waals surface area (Å²) in [5.74, 6) is 1.42. The number of pyridine rings is 1. The molecule has 23 heavy (non-hydrogen) atoms. The Morgan fingerprint density at radius 2 is 1.87 bits per heavy atom. The Morgan fingerprint density at radius 3 is 2.70 bits per heavy atom. The second-order valence-electron chi connectivity index (χ2n) is 5.13. The number of aromatic nitrogens is 2. The van der Waals surface area contributed by atoms with Crippen LogP contribution < -0.4 is 9.47 Å². The number of methoxy groups -OCH3 is 2. The molecule has 0 saturated heterocycles. The average molecular weight is 322 g/mol. The van der Waals surface area contributed by atoms with Crippen molar-refractivity contribution in [2.75, 3.05) is 14.2 Å². The van der Waals surface area contributed by atoms with E-state index < -0.39 is 0 Å². The van der Waals surface area contributed by atoms with E-state index in [4.69, 9.17) is 9.47 Å². The molecule has 0 fully saturated rings. The molecule has 0 atom stereocenters. The van der Waals surface area contributed by atoms with Crippen molar-refractivity contribution in [2.45, 2.75) is 0 Å². The molecule has 0 saturated carbocycles. The van der Waals surface area contributed by atoms with Crippen molar-refractivity contribution >= 4 is 32.3 Å². The number of fused-ring (bicyclic) bond motifs is 2. The highest BCUT2D eigenvalue weighted by molar-refractivity contribution is 7.16. The van der Waals surface area contributed by atoms with Gasteiger partial charge < -0.3 is 9.47 Å². The number of benzene rings is 2. The lowest BCUT2D eigenvalue weighted by Gasteiger charge is -2.11. The van der Waals surface area contributed by atoms with Gasteiger partial charge in [0.1, 0.15) is 0 Å². The SMILES string of the molecule is COc1ccc2cc(-c3ccc4ncsc4c3)ncc2c1OC. The van der Waals surface area contributed by atoms with Gasteiger partial charge in [0.15, 0.2) is 11.5 Å². The summed E-state index contributed by atoms with van der Waals surface area (Å²) in [6.07, 6.45) is 1.84. The third-order valence-electron chi connectivity index (χ3n) is 3.87. The third-order valence-corrected chi connectivity index (χ3v) is 4.66. The fraction of sp³-hybridized carbons (Fsp3) is 0.111. The van der Waals surface area contributed by atoms with Crippen LogP contribution in [0.5, 0.6) is 11.5 Å². The quantitative estimate of drug-likeness (QED) is 0.556. The maximum Gasteiger partial charge on any atom is 0.170 e. The van der Waals surface area contributed by atoms with E-state index in [2.05, 4.69) is 28.2 Å². The van der Waals surface area contributed by atoms with Gasteiger partial charge in [0, 0.05) is 17.1 Å². The predicted octanol–water partition coefficient (Wildman–Crippen LogP) is 4.53. The molecule has 0 radical (unpaired) electrons. The second kappa shape index (κ2) is 5.52. The largest absolute Gasteiger partial charge is 0.493 e. The first kappa shape index (κ1) is 14.0. The highest BCUT2D eigenvalue weighted by Gasteiger charge is 2.11. The van der Waals surface area contributed by atoms with Crippen LogP contribution in [0.15, 0.2) is 48.1 Å². The van der Waals surface area contributed by atoms with E-state index in [9.17, 15) is 0 Å². The van der Waals surface area contributed by atoms with Gasteiger partial charge >= 0.3 is 0 Å². The molecule has 0 spiro atoms. The number of nitrogens with zero attached hydrogens (tertiary/aromatic N) is 2. The molecule has 0 N–H and O–H groups in total. The van der Waals surface area contributed by atoms with E-state index in [1.165, 1.54) is 0 Å². The van der Waals surface area contributed by atoms with Crippen LogP contribution >= 0.6 is 11.3 Å². The smallest absolute Gasteiger partial charge is 0.170 e. The number of hydrogen-bond acceptors (Lipinski definition) is 5. The van der Waals surface area contributed by atoms with Crippen LogP contribution in [0.4, 0.5) is 0 Å². The zero-order valence-corrected chi connectivity index (χ0v) is 13.6. The van der Waals surface area contributed by atoms with Crippen molar-refractivity contribution in [3.63, 3.8) is 0 Å². The van der Waals surface area contributed by atoms with Crippen LogP contribution in [0.1, 0.15) is 0 Å². The Balaban J connectivity index is 1.88. The van der Waals surface area contributed by atoms with Crippen molar-refractivity contribution in [3.05, 3.63) is 48.1 Å². The average Bonchev–Trinajstić information content (AvgIpc) is 3.07. The van der Waals surface area contributed by atoms with E-state index in [-0.39, 0.29) is 0 Å². The van der Waals surface area contributed by atoms with E-state index in [1.807, 2.05) is 29.9 Å². The molecule has 0 aliphatic rings. The normalized spacial score (nSPS) is 11.0. The minimum Gasteiger partial charge on any atom is -0.493 e. The molecule has 0 aliphatic heterocycles. The van der Waals surface area contributed by atoms with E-state index in [1.54, 1.807) is 25.6 Å². The van der Waals surface area contributed by atoms with Gasteiger partial charge in [-0.15, -0.1) is 11.3 Å². The fourth-order valence-corrected chi connectivity index (χ4v) is 3.43. The topological polar surface area (TPSA) is 44.2 Å². The Hall–Kier alpha value is -2.66. The fourth-order valence-electron chi connectivity index (χ4n) is 2.72. The Labute approximate surface area is 137 Å². The lowest BCUT2D eigenvalue weighted by Crippen LogP contribution is -1.93. The third kappa shape index (κ3) is 2.29. The molecule has 4 aromatic rings. The molecule has 5 heteroatoms. The zero-order valence-electron chi connectivity index (χ0n) is 12.7. The van der Waals surface area contributed by atoms with Crippen LogP contribution in [-0.2, 0) is 0 Å². The highest BCUT2D eigenvalue weighted by Crippen LogP contribution is 2.36. The maximum atomic E-state index is 5.47. The van der Waals surface area contributed by atoms with E-state index in [0.717, 1.165) is 32.2 Å². The number of rotatable bonds is 3. The summed E-state index contributed by atoms with van der Waals surface area (Å²) in [5.41, 5.74) is 4.89. The van der Waals surface area contributed by atoms with E-state index >= 15 is 0 Å². The van der Waals surface area contributed by atoms with Crippen molar-refractivity contribution in [3.8, 4) is 22.8 Å². The minimum atomic E-state index is 0.709. The molecule has 0 aliphatic carbocycles. The van der Waals surface area contributed by atoms with Crippen LogP contribution in [0.2, 0.25) is 0 Å². The molecule has 0 bridgehead atoms. The highest BCUT2D eigenvalue weighted by atomic mass is 32.1. The molecule has 0 amide bonds. The van der Waals surface area contributed by atoms with Gasteiger partial charge in [0.2, 0.25) is 0 Å². The van der Waals surface area contributed by atoms with Gasteiger partial charge in [0.05, 0.1) is 35.6 Å². The Morgan fingerprint density at radius 1 is 0.957 bits per heavy atom. The minimum absolute atomic E-state index is 0.709. The molecular weight excluding hydrogens is 308 g/mol. The molecule has 2 heterocycles. The summed E-state index contributed by atoms with van der Waals surface area (Å²) < 4.78 is 12.0. The first-order valence-corrected chi connectivity index (χ1v) is 8.02. The molecule has 4 nitrogen and oxygen atoms in total. The number of hydrogen-bond donors (Lipinski definition) is 0. The molecular formula is C18H14N2O2S. The molecule has 0 unspecified atom stereocenters. The second-order valence-corrected chi connectivity index (χ2v) is 6.01. The van der Waals surface area contributed by atoms with Crippen molar-refractivity contribution in [2.24, 2.45) is 0 Å². The maximum absolute atomic E-state index is 5.47. The summed E-state index contributed by atoms with van der Waals surface area (Å²) in [4.78, 5) is 8.91. The molecule has 2 aromatic carbocycles. The van der Waals surface area contributed by atoms with Gasteiger partial charge in [-0.3, -0.25) is 4.98 Å². The first-order chi connectivity index (χ1) is 11.3. The summed E-state index contributed by atoms with van der Waals surface area (Å²) in [6, 6.07) is 12.2. The molecule has 114 valence electrons. The predicted molar refractivity (Wildman–Crippen MR) is 93.5 cm³/mol. The lowest BCUT2D eigenvalue weighted by molar-refractivity contribution is 0.358. The van der Waals surface area contributed by atoms with Gasteiger partial charge in [-0.25, -0.2) is 4.98 Å². The monoisotopic (exact) mass is 322 g/mol. The number of thiazole rings is 1. The summed E-state index contributed by atoms with van der Waals surface area (Å²) in [5, 5.41) is 2.01. The summed E-state index contributed by atoms with van der Waals surface area (Å²) in [7, 11) is 3.28. The first-order valence-electron chi connectivity index (χ1n) is 7.14. The van der Waals surface area contributed by atoms with Crippen LogP contribution in [0, 0.1) is 0 Å². The van der Waals surface area contributed by atoms with Gasteiger partial charge in [-0.2, -0.15) is 0 Å². The summed E-state index contributed by atoms with van der Waals surface area (Å²) >= 11 is 1.64. The van der Waals surface area contributed by atoms with Crippen LogP contribution in [0.3, 0.4) is 0 Å². The van der Waals surface area contributed by atoms with Crippen molar-refractivity contribution in [1.82, 2.24) is 9.97 Å². The zero-order chi connectivity index (χ0) is 15.8.